The van der Waals surface area contributed by atoms with Gasteiger partial charge in [0, 0.05) is 36.6 Å². The van der Waals surface area contributed by atoms with Gasteiger partial charge in [0.05, 0.1) is 7.11 Å². The lowest BCUT2D eigenvalue weighted by Gasteiger charge is -2.24. The smallest absolute Gasteiger partial charge is 0.319 e. The van der Waals surface area contributed by atoms with Crippen LogP contribution in [0.4, 0.5) is 16.2 Å². The Balaban J connectivity index is 1.43. The Bertz CT molecular complexity index is 732. The number of amides is 2. The van der Waals surface area contributed by atoms with Crippen LogP contribution in [0.15, 0.2) is 48.5 Å². The van der Waals surface area contributed by atoms with Crippen molar-refractivity contribution in [1.82, 2.24) is 5.32 Å². The highest BCUT2D eigenvalue weighted by molar-refractivity contribution is 5.89. The molecule has 2 amide bonds. The van der Waals surface area contributed by atoms with Gasteiger partial charge in [-0.05, 0) is 43.5 Å². The number of benzene rings is 2. The van der Waals surface area contributed by atoms with Gasteiger partial charge in [-0.15, -0.1) is 0 Å². The Morgan fingerprint density at radius 1 is 1.24 bits per heavy atom. The van der Waals surface area contributed by atoms with E-state index in [1.54, 1.807) is 13.2 Å². The van der Waals surface area contributed by atoms with Crippen molar-refractivity contribution in [1.29, 1.82) is 0 Å². The molecule has 2 N–H and O–H groups in total. The minimum absolute atomic E-state index is 0.192. The second-order valence-electron chi connectivity index (χ2n) is 6.34. The topological polar surface area (TPSA) is 53.6 Å². The zero-order valence-corrected chi connectivity index (χ0v) is 14.8. The van der Waals surface area contributed by atoms with Crippen molar-refractivity contribution in [3.8, 4) is 5.75 Å². The molecule has 1 heterocycles. The fourth-order valence-corrected chi connectivity index (χ4v) is 3.30. The van der Waals surface area contributed by atoms with Crippen molar-refractivity contribution < 1.29 is 9.53 Å². The fourth-order valence-electron chi connectivity index (χ4n) is 3.30. The Morgan fingerprint density at radius 2 is 2.08 bits per heavy atom. The van der Waals surface area contributed by atoms with Crippen molar-refractivity contribution >= 4 is 17.4 Å². The molecular weight excluding hydrogens is 314 g/mol. The van der Waals surface area contributed by atoms with E-state index in [0.29, 0.717) is 12.6 Å². The van der Waals surface area contributed by atoms with Crippen LogP contribution in [0, 0.1) is 0 Å². The van der Waals surface area contributed by atoms with Crippen LogP contribution in [0.5, 0.6) is 5.75 Å². The molecule has 3 rings (SSSR count). The number of para-hydroxylation sites is 1. The number of carbonyl (C=O) groups excluding carboxylic acids is 1. The fraction of sp³-hybridized carbons (Fsp3) is 0.350. The number of rotatable bonds is 6. The highest BCUT2D eigenvalue weighted by Gasteiger charge is 2.24. The maximum absolute atomic E-state index is 12.0. The molecule has 2 aromatic carbocycles. The molecule has 0 fully saturated rings. The van der Waals surface area contributed by atoms with Crippen LogP contribution in [-0.2, 0) is 6.42 Å². The van der Waals surface area contributed by atoms with E-state index in [2.05, 4.69) is 46.7 Å². The molecule has 2 aromatic rings. The Labute approximate surface area is 149 Å². The molecular formula is C20H25N3O2. The minimum Gasteiger partial charge on any atom is -0.497 e. The first-order valence-corrected chi connectivity index (χ1v) is 8.71. The zero-order valence-electron chi connectivity index (χ0n) is 14.8. The summed E-state index contributed by atoms with van der Waals surface area (Å²) in [6.07, 6.45) is 2.00. The molecule has 0 bridgehead atoms. The van der Waals surface area contributed by atoms with Gasteiger partial charge in [-0.25, -0.2) is 4.79 Å². The van der Waals surface area contributed by atoms with Gasteiger partial charge < -0.3 is 20.3 Å². The first-order chi connectivity index (χ1) is 12.2. The molecule has 0 saturated carbocycles. The van der Waals surface area contributed by atoms with E-state index in [4.69, 9.17) is 4.74 Å². The zero-order chi connectivity index (χ0) is 17.6. The second kappa shape index (κ2) is 7.92. The molecule has 5 nitrogen and oxygen atoms in total. The third-order valence-corrected chi connectivity index (χ3v) is 4.54. The van der Waals surface area contributed by atoms with E-state index in [1.807, 2.05) is 18.2 Å². The van der Waals surface area contributed by atoms with Crippen LogP contribution in [-0.4, -0.2) is 32.3 Å². The van der Waals surface area contributed by atoms with Crippen molar-refractivity contribution in [3.63, 3.8) is 0 Å². The lowest BCUT2D eigenvalue weighted by atomic mass is 10.1. The number of nitrogens with zero attached hydrogens (tertiary/aromatic N) is 1. The summed E-state index contributed by atoms with van der Waals surface area (Å²) >= 11 is 0. The number of methoxy groups -OCH3 is 1. The largest absolute Gasteiger partial charge is 0.497 e. The third-order valence-electron chi connectivity index (χ3n) is 4.54. The highest BCUT2D eigenvalue weighted by atomic mass is 16.5. The average molecular weight is 339 g/mol. The quantitative estimate of drug-likeness (QED) is 0.790. The summed E-state index contributed by atoms with van der Waals surface area (Å²) in [5.41, 5.74) is 3.47. The Morgan fingerprint density at radius 3 is 2.92 bits per heavy atom. The number of carbonyl (C=O) groups is 1. The van der Waals surface area contributed by atoms with Crippen LogP contribution in [0.2, 0.25) is 0 Å². The van der Waals surface area contributed by atoms with Gasteiger partial charge in [-0.1, -0.05) is 24.3 Å². The molecule has 0 aliphatic carbocycles. The van der Waals surface area contributed by atoms with E-state index >= 15 is 0 Å². The number of ether oxygens (including phenoxy) is 1. The molecule has 25 heavy (non-hydrogen) atoms. The van der Waals surface area contributed by atoms with E-state index in [9.17, 15) is 4.79 Å². The molecule has 0 saturated heterocycles. The van der Waals surface area contributed by atoms with E-state index < -0.39 is 0 Å². The number of anilines is 2. The SMILES string of the molecule is COc1cccc(NC(=O)NCCCN2c3ccccc3C[C@@H]2C)c1. The Hall–Kier alpha value is -2.69. The van der Waals surface area contributed by atoms with Crippen LogP contribution in [0.3, 0.4) is 0 Å². The minimum atomic E-state index is -0.192. The monoisotopic (exact) mass is 339 g/mol. The number of hydrogen-bond donors (Lipinski definition) is 2. The number of nitrogens with one attached hydrogen (secondary N) is 2. The summed E-state index contributed by atoms with van der Waals surface area (Å²) in [4.78, 5) is 14.4. The molecule has 5 heteroatoms. The first kappa shape index (κ1) is 17.1. The second-order valence-corrected chi connectivity index (χ2v) is 6.34. The first-order valence-electron chi connectivity index (χ1n) is 8.71. The standard InChI is InChI=1S/C20H25N3O2/c1-15-13-16-7-3-4-10-19(16)23(15)12-6-11-21-20(24)22-17-8-5-9-18(14-17)25-2/h3-5,7-10,14-15H,6,11-13H2,1-2H3,(H2,21,22,24)/t15-/m0/s1. The third kappa shape index (κ3) is 4.24. The number of fused-ring (bicyclic) bond motifs is 1. The lowest BCUT2D eigenvalue weighted by Crippen LogP contribution is -2.34. The normalized spacial score (nSPS) is 15.6. The molecule has 1 aliphatic rings. The van der Waals surface area contributed by atoms with Crippen LogP contribution in [0.1, 0.15) is 18.9 Å². The van der Waals surface area contributed by atoms with E-state index in [-0.39, 0.29) is 6.03 Å². The summed E-state index contributed by atoms with van der Waals surface area (Å²) < 4.78 is 5.15. The Kier molecular flexibility index (Phi) is 5.43. The molecule has 1 atom stereocenters. The van der Waals surface area contributed by atoms with Crippen molar-refractivity contribution in [2.24, 2.45) is 0 Å². The van der Waals surface area contributed by atoms with Gasteiger partial charge in [-0.3, -0.25) is 0 Å². The van der Waals surface area contributed by atoms with Crippen LogP contribution in [0.25, 0.3) is 0 Å². The predicted molar refractivity (Wildman–Crippen MR) is 102 cm³/mol. The molecule has 0 aromatic heterocycles. The lowest BCUT2D eigenvalue weighted by molar-refractivity contribution is 0.252. The molecule has 0 radical (unpaired) electrons. The number of hydrogen-bond acceptors (Lipinski definition) is 3. The summed E-state index contributed by atoms with van der Waals surface area (Å²) in [5, 5.41) is 5.74. The van der Waals surface area contributed by atoms with Gasteiger partial charge in [0.2, 0.25) is 0 Å². The summed E-state index contributed by atoms with van der Waals surface area (Å²) in [7, 11) is 1.61. The molecule has 0 spiro atoms. The molecule has 1 aliphatic heterocycles. The maximum Gasteiger partial charge on any atom is 0.319 e. The summed E-state index contributed by atoms with van der Waals surface area (Å²) in [6.45, 7) is 3.84. The van der Waals surface area contributed by atoms with Gasteiger partial charge in [-0.2, -0.15) is 0 Å². The maximum atomic E-state index is 12.0. The predicted octanol–water partition coefficient (Wildman–Crippen LogP) is 3.66. The van der Waals surface area contributed by atoms with Crippen molar-refractivity contribution in [2.75, 3.05) is 30.4 Å². The van der Waals surface area contributed by atoms with Crippen molar-refractivity contribution in [2.45, 2.75) is 25.8 Å². The number of urea groups is 1. The van der Waals surface area contributed by atoms with E-state index in [1.165, 1.54) is 11.3 Å². The van der Waals surface area contributed by atoms with Crippen molar-refractivity contribution in [3.05, 3.63) is 54.1 Å². The average Bonchev–Trinajstić information content (AvgIpc) is 2.94. The van der Waals surface area contributed by atoms with Crippen LogP contribution >= 0.6 is 0 Å². The van der Waals surface area contributed by atoms with E-state index in [0.717, 1.165) is 30.8 Å². The van der Waals surface area contributed by atoms with Gasteiger partial charge in [0.25, 0.3) is 0 Å². The molecule has 132 valence electrons. The van der Waals surface area contributed by atoms with Crippen LogP contribution < -0.4 is 20.3 Å². The molecule has 0 unspecified atom stereocenters. The summed E-state index contributed by atoms with van der Waals surface area (Å²) in [6, 6.07) is 16.2. The van der Waals surface area contributed by atoms with Gasteiger partial charge in [0.15, 0.2) is 0 Å². The summed E-state index contributed by atoms with van der Waals surface area (Å²) in [5.74, 6) is 0.722. The van der Waals surface area contributed by atoms with Gasteiger partial charge in [0.1, 0.15) is 5.75 Å². The highest BCUT2D eigenvalue weighted by Crippen LogP contribution is 2.31. The van der Waals surface area contributed by atoms with Gasteiger partial charge >= 0.3 is 6.03 Å².